The molecule has 6 nitrogen and oxygen atoms in total. The van der Waals surface area contributed by atoms with Gasteiger partial charge in [-0.3, -0.25) is 14.9 Å². The van der Waals surface area contributed by atoms with Crippen molar-refractivity contribution in [3.8, 4) is 0 Å². The Morgan fingerprint density at radius 1 is 1.29 bits per heavy atom. The van der Waals surface area contributed by atoms with Crippen molar-refractivity contribution >= 4 is 28.9 Å². The topological polar surface area (TPSA) is 98.3 Å². The van der Waals surface area contributed by atoms with E-state index in [9.17, 15) is 14.9 Å². The number of nitro groups is 1. The first kappa shape index (κ1) is 14.8. The standard InChI is InChI=1S/C14H12ClN3O3/c15-11-2-1-3-12(7-11)17-8-10-5-4-9(14(16)19)6-13(10)18(20)21/h1-7,17H,8H2,(H2,16,19). The first-order valence-corrected chi connectivity index (χ1v) is 6.42. The molecule has 0 atom stereocenters. The molecule has 21 heavy (non-hydrogen) atoms. The molecule has 7 heteroatoms. The average Bonchev–Trinajstić information content (AvgIpc) is 2.44. The number of nitrogens with two attached hydrogens (primary N) is 1. The van der Waals surface area contributed by atoms with Gasteiger partial charge in [0, 0.05) is 34.4 Å². The van der Waals surface area contributed by atoms with Gasteiger partial charge in [-0.1, -0.05) is 17.7 Å². The molecule has 1 amide bonds. The van der Waals surface area contributed by atoms with E-state index in [1.807, 2.05) is 0 Å². The van der Waals surface area contributed by atoms with Gasteiger partial charge in [0.25, 0.3) is 5.69 Å². The average molecular weight is 306 g/mol. The summed E-state index contributed by atoms with van der Waals surface area (Å²) in [4.78, 5) is 21.6. The van der Waals surface area contributed by atoms with Gasteiger partial charge in [-0.05, 0) is 30.3 Å². The van der Waals surface area contributed by atoms with Crippen molar-refractivity contribution in [3.63, 3.8) is 0 Å². The number of anilines is 1. The Kier molecular flexibility index (Phi) is 4.39. The van der Waals surface area contributed by atoms with E-state index >= 15 is 0 Å². The molecule has 0 fully saturated rings. The highest BCUT2D eigenvalue weighted by molar-refractivity contribution is 6.30. The molecule has 108 valence electrons. The molecule has 2 aromatic carbocycles. The van der Waals surface area contributed by atoms with Crippen LogP contribution in [-0.4, -0.2) is 10.8 Å². The summed E-state index contributed by atoms with van der Waals surface area (Å²) >= 11 is 5.86. The molecule has 0 saturated heterocycles. The van der Waals surface area contributed by atoms with E-state index in [1.54, 1.807) is 24.3 Å². The summed E-state index contributed by atoms with van der Waals surface area (Å²) in [7, 11) is 0. The van der Waals surface area contributed by atoms with E-state index in [0.717, 1.165) is 5.69 Å². The van der Waals surface area contributed by atoms with E-state index in [-0.39, 0.29) is 17.8 Å². The second-order valence-electron chi connectivity index (χ2n) is 4.33. The minimum Gasteiger partial charge on any atom is -0.381 e. The van der Waals surface area contributed by atoms with Crippen LogP contribution in [-0.2, 0) is 6.54 Å². The summed E-state index contributed by atoms with van der Waals surface area (Å²) in [6, 6.07) is 11.2. The third-order valence-electron chi connectivity index (χ3n) is 2.87. The quantitative estimate of drug-likeness (QED) is 0.655. The highest BCUT2D eigenvalue weighted by Gasteiger charge is 2.16. The number of carbonyl (C=O) groups is 1. The SMILES string of the molecule is NC(=O)c1ccc(CNc2cccc(Cl)c2)c([N+](=O)[O-])c1. The molecule has 0 bridgehead atoms. The third-order valence-corrected chi connectivity index (χ3v) is 3.11. The lowest BCUT2D eigenvalue weighted by Crippen LogP contribution is -2.12. The minimum atomic E-state index is -0.701. The first-order valence-electron chi connectivity index (χ1n) is 6.04. The Morgan fingerprint density at radius 3 is 2.67 bits per heavy atom. The molecule has 0 spiro atoms. The van der Waals surface area contributed by atoms with Gasteiger partial charge in [-0.2, -0.15) is 0 Å². The maximum atomic E-state index is 11.1. The van der Waals surface area contributed by atoms with Crippen molar-refractivity contribution in [2.45, 2.75) is 6.54 Å². The van der Waals surface area contributed by atoms with Crippen LogP contribution in [0.2, 0.25) is 5.02 Å². The smallest absolute Gasteiger partial charge is 0.275 e. The molecule has 0 heterocycles. The van der Waals surface area contributed by atoms with Gasteiger partial charge < -0.3 is 11.1 Å². The Morgan fingerprint density at radius 2 is 2.05 bits per heavy atom. The van der Waals surface area contributed by atoms with E-state index in [1.165, 1.54) is 18.2 Å². The molecular formula is C14H12ClN3O3. The number of nitrogens with one attached hydrogen (secondary N) is 1. The normalized spacial score (nSPS) is 10.1. The zero-order valence-electron chi connectivity index (χ0n) is 10.9. The lowest BCUT2D eigenvalue weighted by molar-refractivity contribution is -0.385. The molecule has 0 aliphatic heterocycles. The van der Waals surface area contributed by atoms with Gasteiger partial charge in [0.05, 0.1) is 4.92 Å². The van der Waals surface area contributed by atoms with Gasteiger partial charge in [0.1, 0.15) is 0 Å². The summed E-state index contributed by atoms with van der Waals surface area (Å²) in [6.07, 6.45) is 0. The van der Waals surface area contributed by atoms with E-state index in [4.69, 9.17) is 17.3 Å². The fourth-order valence-electron chi connectivity index (χ4n) is 1.83. The summed E-state index contributed by atoms with van der Waals surface area (Å²) in [5, 5.41) is 14.7. The van der Waals surface area contributed by atoms with Crippen LogP contribution < -0.4 is 11.1 Å². The minimum absolute atomic E-state index is 0.105. The molecular weight excluding hydrogens is 294 g/mol. The summed E-state index contributed by atoms with van der Waals surface area (Å²) in [5.41, 5.74) is 6.27. The van der Waals surface area contributed by atoms with Crippen molar-refractivity contribution in [2.75, 3.05) is 5.32 Å². The number of rotatable bonds is 5. The number of amides is 1. The molecule has 0 unspecified atom stereocenters. The van der Waals surface area contributed by atoms with Crippen molar-refractivity contribution < 1.29 is 9.72 Å². The number of carbonyl (C=O) groups excluding carboxylic acids is 1. The van der Waals surface area contributed by atoms with Crippen LogP contribution in [0.3, 0.4) is 0 Å². The molecule has 0 saturated carbocycles. The van der Waals surface area contributed by atoms with Crippen LogP contribution in [0.4, 0.5) is 11.4 Å². The predicted octanol–water partition coefficient (Wildman–Crippen LogP) is 2.96. The molecule has 0 radical (unpaired) electrons. The number of benzene rings is 2. The second-order valence-corrected chi connectivity index (χ2v) is 4.77. The molecule has 0 aromatic heterocycles. The Balaban J connectivity index is 2.23. The molecule has 3 N–H and O–H groups in total. The third kappa shape index (κ3) is 3.70. The number of nitrogens with zero attached hydrogens (tertiary/aromatic N) is 1. The van der Waals surface area contributed by atoms with E-state index < -0.39 is 10.8 Å². The lowest BCUT2D eigenvalue weighted by atomic mass is 10.1. The molecule has 2 aromatic rings. The van der Waals surface area contributed by atoms with Crippen LogP contribution in [0.1, 0.15) is 15.9 Å². The van der Waals surface area contributed by atoms with Gasteiger partial charge >= 0.3 is 0 Å². The van der Waals surface area contributed by atoms with Gasteiger partial charge in [-0.15, -0.1) is 0 Å². The van der Waals surface area contributed by atoms with Crippen molar-refractivity contribution in [2.24, 2.45) is 5.73 Å². The summed E-state index contributed by atoms with van der Waals surface area (Å²) in [6.45, 7) is 0.232. The first-order chi connectivity index (χ1) is 9.97. The molecule has 0 aliphatic carbocycles. The zero-order valence-corrected chi connectivity index (χ0v) is 11.6. The van der Waals surface area contributed by atoms with E-state index in [2.05, 4.69) is 5.32 Å². The van der Waals surface area contributed by atoms with Crippen LogP contribution >= 0.6 is 11.6 Å². The summed E-state index contributed by atoms with van der Waals surface area (Å²) in [5.74, 6) is -0.701. The fourth-order valence-corrected chi connectivity index (χ4v) is 2.02. The number of nitro benzene ring substituents is 1. The monoisotopic (exact) mass is 305 g/mol. The van der Waals surface area contributed by atoms with Crippen molar-refractivity contribution in [3.05, 3.63) is 68.7 Å². The van der Waals surface area contributed by atoms with Crippen LogP contribution in [0.15, 0.2) is 42.5 Å². The number of halogens is 1. The molecule has 0 aliphatic rings. The van der Waals surface area contributed by atoms with Gasteiger partial charge in [0.15, 0.2) is 0 Å². The van der Waals surface area contributed by atoms with Crippen LogP contribution in [0.5, 0.6) is 0 Å². The van der Waals surface area contributed by atoms with Crippen LogP contribution in [0.25, 0.3) is 0 Å². The number of hydrogen-bond donors (Lipinski definition) is 2. The number of primary amides is 1. The van der Waals surface area contributed by atoms with Gasteiger partial charge in [-0.25, -0.2) is 0 Å². The Hall–Kier alpha value is -2.60. The molecule has 2 rings (SSSR count). The lowest BCUT2D eigenvalue weighted by Gasteiger charge is -2.08. The highest BCUT2D eigenvalue weighted by atomic mass is 35.5. The largest absolute Gasteiger partial charge is 0.381 e. The van der Waals surface area contributed by atoms with Gasteiger partial charge in [0.2, 0.25) is 5.91 Å². The number of hydrogen-bond acceptors (Lipinski definition) is 4. The van der Waals surface area contributed by atoms with E-state index in [0.29, 0.717) is 10.6 Å². The highest BCUT2D eigenvalue weighted by Crippen LogP contribution is 2.22. The Labute approximate surface area is 125 Å². The summed E-state index contributed by atoms with van der Waals surface area (Å²) < 4.78 is 0. The van der Waals surface area contributed by atoms with Crippen LogP contribution in [0, 0.1) is 10.1 Å². The maximum Gasteiger partial charge on any atom is 0.275 e. The fraction of sp³-hybridized carbons (Fsp3) is 0.0714. The second kappa shape index (κ2) is 6.23. The van der Waals surface area contributed by atoms with Crippen molar-refractivity contribution in [1.82, 2.24) is 0 Å². The Bertz CT molecular complexity index is 704. The maximum absolute atomic E-state index is 11.1. The van der Waals surface area contributed by atoms with Crippen molar-refractivity contribution in [1.29, 1.82) is 0 Å². The predicted molar refractivity (Wildman–Crippen MR) is 80.4 cm³/mol. The zero-order chi connectivity index (χ0) is 15.4.